The number of phenolic OH excluding ortho intramolecular Hbond substituents is 1. The molecule has 0 spiro atoms. The van der Waals surface area contributed by atoms with Gasteiger partial charge in [0.15, 0.2) is 0 Å². The van der Waals surface area contributed by atoms with Crippen LogP contribution in [0.2, 0.25) is 0 Å². The number of aromatic hydroxyl groups is 1. The molecule has 4 aromatic rings. The highest BCUT2D eigenvalue weighted by Gasteiger charge is 2.18. The van der Waals surface area contributed by atoms with E-state index in [1.807, 2.05) is 85.8 Å². The highest BCUT2D eigenvalue weighted by atomic mass is 16.5. The highest BCUT2D eigenvalue weighted by Crippen LogP contribution is 2.24. The normalized spacial score (nSPS) is 10.1. The number of para-hydroxylation sites is 2. The van der Waals surface area contributed by atoms with Crippen molar-refractivity contribution >= 4 is 23.2 Å². The van der Waals surface area contributed by atoms with Crippen molar-refractivity contribution in [2.75, 3.05) is 31.0 Å². The van der Waals surface area contributed by atoms with Crippen LogP contribution in [0.25, 0.3) is 0 Å². The molecule has 0 fully saturated rings. The molecule has 0 atom stereocenters. The van der Waals surface area contributed by atoms with E-state index in [0.29, 0.717) is 16.7 Å². The summed E-state index contributed by atoms with van der Waals surface area (Å²) in [4.78, 5) is 28.0. The third-order valence-electron chi connectivity index (χ3n) is 6.17. The molecule has 0 unspecified atom stereocenters. The van der Waals surface area contributed by atoms with Crippen molar-refractivity contribution in [3.63, 3.8) is 0 Å². The molecule has 190 valence electrons. The number of carbonyl (C=O) groups is 2. The number of hydrogen-bond acceptors (Lipinski definition) is 4. The van der Waals surface area contributed by atoms with E-state index in [2.05, 4.69) is 0 Å². The number of anilines is 2. The van der Waals surface area contributed by atoms with E-state index < -0.39 is 0 Å². The Kier molecular flexibility index (Phi) is 9.05. The van der Waals surface area contributed by atoms with E-state index in [0.717, 1.165) is 22.7 Å². The minimum Gasteiger partial charge on any atom is -0.508 e. The minimum absolute atomic E-state index is 0.0393. The number of benzene rings is 4. The van der Waals surface area contributed by atoms with Crippen LogP contribution in [0, 0.1) is 13.8 Å². The molecule has 6 heteroatoms. The third kappa shape index (κ3) is 6.35. The Labute approximate surface area is 218 Å². The van der Waals surface area contributed by atoms with Crippen molar-refractivity contribution in [1.82, 2.24) is 0 Å². The first-order valence-corrected chi connectivity index (χ1v) is 11.8. The number of hydrogen-bond donors (Lipinski definition) is 1. The number of nitrogens with zero attached hydrogens (tertiary/aromatic N) is 2. The lowest BCUT2D eigenvalue weighted by molar-refractivity contribution is 0.0984. The van der Waals surface area contributed by atoms with E-state index in [9.17, 15) is 14.7 Å². The second-order valence-electron chi connectivity index (χ2n) is 8.48. The zero-order valence-corrected chi connectivity index (χ0v) is 21.8. The monoisotopic (exact) mass is 496 g/mol. The van der Waals surface area contributed by atoms with E-state index in [4.69, 9.17) is 4.74 Å². The fourth-order valence-electron chi connectivity index (χ4n) is 3.82. The number of methoxy groups -OCH3 is 1. The Bertz CT molecular complexity index is 1350. The van der Waals surface area contributed by atoms with Crippen molar-refractivity contribution in [2.24, 2.45) is 0 Å². The molecule has 6 nitrogen and oxygen atoms in total. The van der Waals surface area contributed by atoms with Gasteiger partial charge < -0.3 is 19.6 Å². The van der Waals surface area contributed by atoms with Crippen LogP contribution in [-0.4, -0.2) is 38.1 Å². The summed E-state index contributed by atoms with van der Waals surface area (Å²) >= 11 is 0. The SMILES string of the molecule is COc1cccc(C(=O)N(C)c2ccccc2)c1C.Cc1c(O)cccc1C(=O)N(C)c1ccccc1. The Morgan fingerprint density at radius 3 is 1.51 bits per heavy atom. The molecule has 4 aromatic carbocycles. The first-order valence-electron chi connectivity index (χ1n) is 11.8. The largest absolute Gasteiger partial charge is 0.508 e. The molecule has 0 aliphatic carbocycles. The zero-order valence-electron chi connectivity index (χ0n) is 21.8. The summed E-state index contributed by atoms with van der Waals surface area (Å²) in [6.45, 7) is 3.63. The van der Waals surface area contributed by atoms with Gasteiger partial charge in [-0.1, -0.05) is 48.5 Å². The van der Waals surface area contributed by atoms with Crippen molar-refractivity contribution < 1.29 is 19.4 Å². The van der Waals surface area contributed by atoms with E-state index in [-0.39, 0.29) is 17.6 Å². The van der Waals surface area contributed by atoms with Crippen LogP contribution >= 0.6 is 0 Å². The second kappa shape index (κ2) is 12.4. The predicted octanol–water partition coefficient (Wildman–Crippen LogP) is 6.26. The number of ether oxygens (including phenoxy) is 1. The van der Waals surface area contributed by atoms with Gasteiger partial charge in [-0.05, 0) is 62.4 Å². The molecule has 0 aliphatic heterocycles. The van der Waals surface area contributed by atoms with Crippen LogP contribution < -0.4 is 14.5 Å². The molecule has 0 bridgehead atoms. The molecular formula is C31H32N2O4. The van der Waals surface area contributed by atoms with Gasteiger partial charge in [-0.15, -0.1) is 0 Å². The molecule has 1 N–H and O–H groups in total. The fraction of sp³-hybridized carbons (Fsp3) is 0.161. The average molecular weight is 497 g/mol. The summed E-state index contributed by atoms with van der Waals surface area (Å²) in [6, 6.07) is 29.5. The summed E-state index contributed by atoms with van der Waals surface area (Å²) in [5.41, 5.74) is 4.33. The molecule has 0 saturated heterocycles. The third-order valence-corrected chi connectivity index (χ3v) is 6.17. The first-order chi connectivity index (χ1) is 17.8. The van der Waals surface area contributed by atoms with Gasteiger partial charge in [0, 0.05) is 47.7 Å². The topological polar surface area (TPSA) is 70.1 Å². The van der Waals surface area contributed by atoms with E-state index >= 15 is 0 Å². The lowest BCUT2D eigenvalue weighted by atomic mass is 10.1. The summed E-state index contributed by atoms with van der Waals surface area (Å²) in [5, 5.41) is 9.63. The Hall–Kier alpha value is -4.58. The lowest BCUT2D eigenvalue weighted by Gasteiger charge is -2.19. The maximum Gasteiger partial charge on any atom is 0.258 e. The molecule has 37 heavy (non-hydrogen) atoms. The summed E-state index contributed by atoms with van der Waals surface area (Å²) in [6.07, 6.45) is 0. The number of amides is 2. The summed E-state index contributed by atoms with van der Waals surface area (Å²) in [7, 11) is 5.11. The van der Waals surface area contributed by atoms with Gasteiger partial charge in [0.25, 0.3) is 11.8 Å². The molecule has 0 heterocycles. The van der Waals surface area contributed by atoms with Gasteiger partial charge >= 0.3 is 0 Å². The van der Waals surface area contributed by atoms with Crippen LogP contribution in [0.3, 0.4) is 0 Å². The van der Waals surface area contributed by atoms with Crippen molar-refractivity contribution in [1.29, 1.82) is 0 Å². The van der Waals surface area contributed by atoms with Gasteiger partial charge in [0.2, 0.25) is 0 Å². The Morgan fingerprint density at radius 2 is 1.05 bits per heavy atom. The number of phenols is 1. The van der Waals surface area contributed by atoms with Gasteiger partial charge in [0.05, 0.1) is 7.11 Å². The number of carbonyl (C=O) groups excluding carboxylic acids is 2. The summed E-state index contributed by atoms with van der Waals surface area (Å²) < 4.78 is 5.25. The molecule has 0 aromatic heterocycles. The number of rotatable bonds is 5. The smallest absolute Gasteiger partial charge is 0.258 e. The maximum absolute atomic E-state index is 12.5. The van der Waals surface area contributed by atoms with Crippen LogP contribution in [0.5, 0.6) is 11.5 Å². The Balaban J connectivity index is 0.000000206. The van der Waals surface area contributed by atoms with Crippen molar-refractivity contribution in [3.8, 4) is 11.5 Å². The van der Waals surface area contributed by atoms with Crippen molar-refractivity contribution in [2.45, 2.75) is 13.8 Å². The molecule has 2 amide bonds. The van der Waals surface area contributed by atoms with Crippen LogP contribution in [0.4, 0.5) is 11.4 Å². The van der Waals surface area contributed by atoms with E-state index in [1.165, 1.54) is 0 Å². The minimum atomic E-state index is -0.130. The van der Waals surface area contributed by atoms with E-state index in [1.54, 1.807) is 56.1 Å². The average Bonchev–Trinajstić information content (AvgIpc) is 2.94. The summed E-state index contributed by atoms with van der Waals surface area (Å²) in [5.74, 6) is 0.701. The molecule has 4 rings (SSSR count). The van der Waals surface area contributed by atoms with Gasteiger partial charge in [-0.3, -0.25) is 9.59 Å². The Morgan fingerprint density at radius 1 is 0.622 bits per heavy atom. The van der Waals surface area contributed by atoms with Crippen LogP contribution in [0.15, 0.2) is 97.1 Å². The second-order valence-corrected chi connectivity index (χ2v) is 8.48. The first kappa shape index (κ1) is 27.0. The molecule has 0 radical (unpaired) electrons. The van der Waals surface area contributed by atoms with Gasteiger partial charge in [0.1, 0.15) is 11.5 Å². The van der Waals surface area contributed by atoms with Crippen molar-refractivity contribution in [3.05, 3.63) is 119 Å². The zero-order chi connectivity index (χ0) is 26.9. The fourth-order valence-corrected chi connectivity index (χ4v) is 3.82. The lowest BCUT2D eigenvalue weighted by Crippen LogP contribution is -2.26. The highest BCUT2D eigenvalue weighted by molar-refractivity contribution is 6.07. The molecule has 0 saturated carbocycles. The molecular weight excluding hydrogens is 464 g/mol. The van der Waals surface area contributed by atoms with Gasteiger partial charge in [-0.2, -0.15) is 0 Å². The standard InChI is InChI=1S/C16H17NO2.C15H15NO2/c1-12-14(10-7-11-15(12)19-3)16(18)17(2)13-8-5-4-6-9-13;1-11-13(9-6-10-14(11)17)15(18)16(2)12-7-4-3-5-8-12/h4-11H,1-3H3;3-10,17H,1-2H3. The molecule has 0 aliphatic rings. The maximum atomic E-state index is 12.5. The van der Waals surface area contributed by atoms with Crippen LogP contribution in [0.1, 0.15) is 31.8 Å². The van der Waals surface area contributed by atoms with Crippen LogP contribution in [-0.2, 0) is 0 Å². The van der Waals surface area contributed by atoms with Gasteiger partial charge in [-0.25, -0.2) is 0 Å². The quantitative estimate of drug-likeness (QED) is 0.354. The predicted molar refractivity (Wildman–Crippen MR) is 149 cm³/mol.